The Morgan fingerprint density at radius 3 is 1.04 bits per heavy atom. The molecule has 0 amide bonds. The van der Waals surface area contributed by atoms with Crippen molar-refractivity contribution >= 4 is 117 Å². The van der Waals surface area contributed by atoms with Crippen molar-refractivity contribution < 1.29 is 9.47 Å². The number of rotatable bonds is 0. The number of thioether (sulfide) groups is 4. The molecule has 1 aliphatic heterocycles. The van der Waals surface area contributed by atoms with Gasteiger partial charge in [0.15, 0.2) is 0 Å². The molecule has 0 N–H and O–H groups in total. The quantitative estimate of drug-likeness (QED) is 0.318. The van der Waals surface area contributed by atoms with Crippen molar-refractivity contribution in [1.29, 1.82) is 0 Å². The lowest BCUT2D eigenvalue weighted by Crippen LogP contribution is -2.02. The Morgan fingerprint density at radius 1 is 0.500 bits per heavy atom. The van der Waals surface area contributed by atoms with Crippen molar-refractivity contribution in [1.82, 2.24) is 0 Å². The largest absolute Gasteiger partial charge is 0.380 e. The first kappa shape index (κ1) is 22.5. The van der Waals surface area contributed by atoms with Gasteiger partial charge in [-0.15, -0.1) is 92.4 Å². The first-order valence-corrected chi connectivity index (χ1v) is 15.7. The van der Waals surface area contributed by atoms with Crippen molar-refractivity contribution in [3.63, 3.8) is 0 Å². The van der Waals surface area contributed by atoms with Crippen LogP contribution in [0.2, 0.25) is 0 Å². The minimum Gasteiger partial charge on any atom is -0.380 e. The lowest BCUT2D eigenvalue weighted by Gasteiger charge is -2.07. The first-order chi connectivity index (χ1) is 12.7. The summed E-state index contributed by atoms with van der Waals surface area (Å²) in [5.41, 5.74) is 0. The summed E-state index contributed by atoms with van der Waals surface area (Å²) in [4.78, 5) is 0. The molecule has 2 aromatic rings. The molecular formula is C14H16O2S10. The van der Waals surface area contributed by atoms with Crippen LogP contribution in [0.15, 0.2) is 16.8 Å². The van der Waals surface area contributed by atoms with Gasteiger partial charge in [-0.2, -0.15) is 0 Å². The van der Waals surface area contributed by atoms with Crippen LogP contribution in [0.4, 0.5) is 0 Å². The second-order valence-electron chi connectivity index (χ2n) is 4.68. The predicted molar refractivity (Wildman–Crippen MR) is 131 cm³/mol. The average Bonchev–Trinajstić information content (AvgIpc) is 3.14. The van der Waals surface area contributed by atoms with Gasteiger partial charge >= 0.3 is 0 Å². The van der Waals surface area contributed by atoms with Crippen molar-refractivity contribution in [2.45, 2.75) is 16.8 Å². The molecule has 0 radical (unpaired) electrons. The minimum atomic E-state index is 0.773. The Balaban J connectivity index is 1.57. The molecule has 2 aromatic heterocycles. The second-order valence-corrected chi connectivity index (χ2v) is 16.6. The highest BCUT2D eigenvalue weighted by atomic mass is 32.2. The highest BCUT2D eigenvalue weighted by Gasteiger charge is 2.11. The van der Waals surface area contributed by atoms with Crippen LogP contribution in [0.1, 0.15) is 0 Å². The summed E-state index contributed by atoms with van der Waals surface area (Å²) >= 11 is 25.1. The molecule has 0 atom stereocenters. The molecule has 1 aliphatic rings. The maximum Gasteiger partial charge on any atom is 0.145 e. The van der Waals surface area contributed by atoms with E-state index in [4.69, 9.17) is 33.9 Å². The molecule has 0 aromatic carbocycles. The lowest BCUT2D eigenvalue weighted by molar-refractivity contribution is 0.167. The van der Waals surface area contributed by atoms with Crippen molar-refractivity contribution in [3.05, 3.63) is 6.28 Å². The molecule has 0 unspecified atom stereocenters. The first-order valence-electron chi connectivity index (χ1n) is 7.67. The summed E-state index contributed by atoms with van der Waals surface area (Å²) < 4.78 is 19.0. The maximum atomic E-state index is 5.81. The molecule has 2 nitrogen and oxygen atoms in total. The third-order valence-corrected chi connectivity index (χ3v) is 13.9. The molecule has 3 heterocycles. The lowest BCUT2D eigenvalue weighted by atomic mass is 10.8. The van der Waals surface area contributed by atoms with Gasteiger partial charge in [-0.3, -0.25) is 0 Å². The van der Waals surface area contributed by atoms with Gasteiger partial charge in [0.1, 0.15) is 6.28 Å². The van der Waals surface area contributed by atoms with E-state index in [1.807, 2.05) is 47.0 Å². The molecule has 0 bridgehead atoms. The van der Waals surface area contributed by atoms with E-state index in [1.54, 1.807) is 45.3 Å². The van der Waals surface area contributed by atoms with Gasteiger partial charge < -0.3 is 9.47 Å². The molecule has 144 valence electrons. The van der Waals surface area contributed by atoms with Crippen LogP contribution >= 0.6 is 117 Å². The van der Waals surface area contributed by atoms with Gasteiger partial charge in [0, 0.05) is 23.0 Å². The molecule has 12 heteroatoms. The van der Waals surface area contributed by atoms with Crippen LogP contribution in [0.25, 0.3) is 0 Å². The van der Waals surface area contributed by atoms with E-state index >= 15 is 0 Å². The third kappa shape index (κ3) is 7.60. The Hall–Kier alpha value is 1.86. The van der Waals surface area contributed by atoms with Crippen LogP contribution < -0.4 is 0 Å². The Labute approximate surface area is 196 Å². The van der Waals surface area contributed by atoms with Gasteiger partial charge in [0.05, 0.1) is 43.3 Å². The third-order valence-electron chi connectivity index (χ3n) is 2.88. The molecule has 0 saturated heterocycles. The SMILES string of the molecule is S=c1sc2c(s1)SCCOCCSc1sc(=S)sc1SCCOCCS2. The second kappa shape index (κ2) is 12.5. The predicted octanol–water partition coefficient (Wildman–Crippen LogP) is 7.51. The van der Waals surface area contributed by atoms with Crippen LogP contribution in [0.5, 0.6) is 0 Å². The van der Waals surface area contributed by atoms with Crippen molar-refractivity contribution in [2.75, 3.05) is 49.4 Å². The van der Waals surface area contributed by atoms with E-state index in [1.165, 1.54) is 16.8 Å². The topological polar surface area (TPSA) is 18.5 Å². The van der Waals surface area contributed by atoms with Gasteiger partial charge in [-0.25, -0.2) is 0 Å². The number of ether oxygens (including phenoxy) is 2. The molecule has 0 aliphatic carbocycles. The Morgan fingerprint density at radius 2 is 0.769 bits per heavy atom. The van der Waals surface area contributed by atoms with E-state index in [0.717, 1.165) is 55.7 Å². The summed E-state index contributed by atoms with van der Waals surface area (Å²) in [6.07, 6.45) is 0. The van der Waals surface area contributed by atoms with Gasteiger partial charge in [-0.1, -0.05) is 24.4 Å². The highest BCUT2D eigenvalue weighted by molar-refractivity contribution is 8.05. The fraction of sp³-hybridized carbons (Fsp3) is 0.571. The van der Waals surface area contributed by atoms with E-state index in [-0.39, 0.29) is 0 Å². The Bertz CT molecular complexity index is 665. The van der Waals surface area contributed by atoms with Gasteiger partial charge in [-0.05, 0) is 0 Å². The fourth-order valence-corrected chi connectivity index (χ4v) is 13.8. The number of hydrogen-bond acceptors (Lipinski definition) is 12. The van der Waals surface area contributed by atoms with E-state index < -0.39 is 0 Å². The molecule has 26 heavy (non-hydrogen) atoms. The molecule has 3 rings (SSSR count). The van der Waals surface area contributed by atoms with Crippen LogP contribution in [0.3, 0.4) is 0 Å². The van der Waals surface area contributed by atoms with Crippen LogP contribution in [-0.2, 0) is 9.47 Å². The summed E-state index contributed by atoms with van der Waals surface area (Å²) in [6, 6.07) is 0. The Kier molecular flexibility index (Phi) is 10.9. The summed E-state index contributed by atoms with van der Waals surface area (Å²) in [6.45, 7) is 3.09. The fourth-order valence-electron chi connectivity index (χ4n) is 1.84. The molecule has 0 spiro atoms. The number of fused-ring (bicyclic) bond motifs is 2. The monoisotopic (exact) mass is 536 g/mol. The van der Waals surface area contributed by atoms with E-state index in [9.17, 15) is 0 Å². The minimum absolute atomic E-state index is 0.773. The zero-order valence-corrected chi connectivity index (χ0v) is 21.7. The zero-order valence-electron chi connectivity index (χ0n) is 13.6. The van der Waals surface area contributed by atoms with Gasteiger partial charge in [0.2, 0.25) is 0 Å². The molecule has 0 fully saturated rings. The highest BCUT2D eigenvalue weighted by Crippen LogP contribution is 2.41. The maximum absolute atomic E-state index is 5.81. The standard InChI is InChI=1S/C14H16O2S10/c17-13-23-9-10(24-13)21-7-3-16-4-8-22-12-11(25-14(18)26-12)20-6-2-15-1-5-19-9/h1-8H2. The zero-order chi connectivity index (χ0) is 18.2. The summed E-state index contributed by atoms with van der Waals surface area (Å²) in [7, 11) is 0. The van der Waals surface area contributed by atoms with Crippen molar-refractivity contribution in [3.8, 4) is 0 Å². The van der Waals surface area contributed by atoms with Crippen LogP contribution in [-0.4, -0.2) is 49.4 Å². The summed E-state index contributed by atoms with van der Waals surface area (Å²) in [5.74, 6) is 3.87. The van der Waals surface area contributed by atoms with Crippen molar-refractivity contribution in [2.24, 2.45) is 0 Å². The number of hydrogen-bond donors (Lipinski definition) is 0. The van der Waals surface area contributed by atoms with Gasteiger partial charge in [0.25, 0.3) is 0 Å². The summed E-state index contributed by atoms with van der Waals surface area (Å²) in [5, 5.41) is 0. The average molecular weight is 537 g/mol. The van der Waals surface area contributed by atoms with E-state index in [2.05, 4.69) is 0 Å². The normalized spacial score (nSPS) is 18.5. The van der Waals surface area contributed by atoms with E-state index in [0.29, 0.717) is 0 Å². The van der Waals surface area contributed by atoms with Crippen LogP contribution in [0, 0.1) is 6.28 Å². The molecular weight excluding hydrogens is 521 g/mol. The smallest absolute Gasteiger partial charge is 0.145 e. The molecule has 0 saturated carbocycles.